The van der Waals surface area contributed by atoms with Crippen molar-refractivity contribution < 1.29 is 32.3 Å². The molecule has 1 atom stereocenters. The summed E-state index contributed by atoms with van der Waals surface area (Å²) >= 11 is 0. The maximum absolute atomic E-state index is 12.7. The van der Waals surface area contributed by atoms with Crippen LogP contribution in [0.15, 0.2) is 89.8 Å². The lowest BCUT2D eigenvalue weighted by molar-refractivity contribution is -0.150. The van der Waals surface area contributed by atoms with Crippen molar-refractivity contribution in [1.29, 1.82) is 0 Å². The summed E-state index contributed by atoms with van der Waals surface area (Å²) in [5.74, 6) is -1.30. The van der Waals surface area contributed by atoms with Gasteiger partial charge in [-0.15, -0.1) is 0 Å². The zero-order chi connectivity index (χ0) is 27.4. The lowest BCUT2D eigenvalue weighted by Crippen LogP contribution is -2.44. The summed E-state index contributed by atoms with van der Waals surface area (Å²) in [4.78, 5) is 37.3. The van der Waals surface area contributed by atoms with Crippen molar-refractivity contribution in [2.75, 3.05) is 13.2 Å². The molecular formula is C27H29N3O7S. The molecular weight excluding hydrogens is 510 g/mol. The van der Waals surface area contributed by atoms with Gasteiger partial charge in [-0.3, -0.25) is 4.79 Å². The van der Waals surface area contributed by atoms with Crippen molar-refractivity contribution >= 4 is 28.0 Å². The first-order valence-corrected chi connectivity index (χ1v) is 13.3. The highest BCUT2D eigenvalue weighted by Crippen LogP contribution is 2.09. The Labute approximate surface area is 221 Å². The number of nitrogens with one attached hydrogen (secondary N) is 2. The summed E-state index contributed by atoms with van der Waals surface area (Å²) in [5, 5.41) is 10.2. The van der Waals surface area contributed by atoms with E-state index < -0.39 is 40.6 Å². The van der Waals surface area contributed by atoms with E-state index in [0.717, 1.165) is 16.7 Å². The van der Waals surface area contributed by atoms with E-state index >= 15 is 0 Å². The van der Waals surface area contributed by atoms with Gasteiger partial charge in [0, 0.05) is 13.0 Å². The van der Waals surface area contributed by atoms with Gasteiger partial charge in [-0.2, -0.15) is 0 Å². The standard InChI is InChI=1S/C27H29N3O7S/c28-38(34,35)23-13-11-20(12-14-23)15-16-29-25(31)19-36-26(32)24(17-21-7-3-1-4-8-21)30-27(33)37-18-22-9-5-2-6-10-22/h1-14,24H,15-19H2,(H,29,31)(H,30,33)(H2,28,34,35). The molecule has 1 unspecified atom stereocenters. The van der Waals surface area contributed by atoms with Gasteiger partial charge in [0.1, 0.15) is 12.6 Å². The molecule has 0 aliphatic rings. The minimum Gasteiger partial charge on any atom is -0.454 e. The molecule has 200 valence electrons. The van der Waals surface area contributed by atoms with Gasteiger partial charge in [-0.05, 0) is 35.2 Å². The monoisotopic (exact) mass is 539 g/mol. The minimum absolute atomic E-state index is 0.000174. The van der Waals surface area contributed by atoms with Crippen LogP contribution >= 0.6 is 0 Å². The van der Waals surface area contributed by atoms with Crippen molar-refractivity contribution in [3.63, 3.8) is 0 Å². The minimum atomic E-state index is -3.77. The molecule has 0 bridgehead atoms. The van der Waals surface area contributed by atoms with Crippen LogP contribution < -0.4 is 15.8 Å². The number of ether oxygens (including phenoxy) is 2. The van der Waals surface area contributed by atoms with E-state index in [9.17, 15) is 22.8 Å². The van der Waals surface area contributed by atoms with E-state index in [0.29, 0.717) is 6.42 Å². The number of esters is 1. The van der Waals surface area contributed by atoms with E-state index in [4.69, 9.17) is 14.6 Å². The van der Waals surface area contributed by atoms with Crippen LogP contribution in [0.25, 0.3) is 0 Å². The molecule has 0 aliphatic carbocycles. The van der Waals surface area contributed by atoms with Gasteiger partial charge in [0.05, 0.1) is 4.90 Å². The summed E-state index contributed by atoms with van der Waals surface area (Å²) in [6, 6.07) is 23.1. The van der Waals surface area contributed by atoms with Gasteiger partial charge >= 0.3 is 12.1 Å². The lowest BCUT2D eigenvalue weighted by Gasteiger charge is -2.18. The number of hydrogen-bond donors (Lipinski definition) is 3. The predicted molar refractivity (Wildman–Crippen MR) is 139 cm³/mol. The smallest absolute Gasteiger partial charge is 0.408 e. The number of amides is 2. The number of carbonyl (C=O) groups excluding carboxylic acids is 3. The largest absolute Gasteiger partial charge is 0.454 e. The summed E-state index contributed by atoms with van der Waals surface area (Å²) in [5.41, 5.74) is 2.37. The Hall–Kier alpha value is -4.22. The summed E-state index contributed by atoms with van der Waals surface area (Å²) in [6.07, 6.45) is -0.212. The molecule has 0 aliphatic heterocycles. The third-order valence-corrected chi connectivity index (χ3v) is 6.33. The first kappa shape index (κ1) is 28.4. The lowest BCUT2D eigenvalue weighted by atomic mass is 10.1. The fraction of sp³-hybridized carbons (Fsp3) is 0.222. The van der Waals surface area contributed by atoms with Gasteiger partial charge in [-0.1, -0.05) is 72.8 Å². The van der Waals surface area contributed by atoms with E-state index in [-0.39, 0.29) is 24.5 Å². The number of hydrogen-bond acceptors (Lipinski definition) is 7. The van der Waals surface area contributed by atoms with Gasteiger partial charge in [-0.25, -0.2) is 23.1 Å². The highest BCUT2D eigenvalue weighted by atomic mass is 32.2. The molecule has 0 heterocycles. The van der Waals surface area contributed by atoms with Gasteiger partial charge in [0.25, 0.3) is 5.91 Å². The Bertz CT molecular complexity index is 1320. The molecule has 2 amide bonds. The average Bonchev–Trinajstić information content (AvgIpc) is 2.91. The maximum atomic E-state index is 12.7. The molecule has 4 N–H and O–H groups in total. The second-order valence-electron chi connectivity index (χ2n) is 8.35. The fourth-order valence-electron chi connectivity index (χ4n) is 3.43. The van der Waals surface area contributed by atoms with Crippen LogP contribution in [0.5, 0.6) is 0 Å². The summed E-state index contributed by atoms with van der Waals surface area (Å²) in [6.45, 7) is -0.259. The van der Waals surface area contributed by atoms with Crippen molar-refractivity contribution in [3.05, 3.63) is 102 Å². The molecule has 0 aromatic heterocycles. The average molecular weight is 540 g/mol. The van der Waals surface area contributed by atoms with Crippen molar-refractivity contribution in [2.24, 2.45) is 5.14 Å². The van der Waals surface area contributed by atoms with Crippen LogP contribution in [0.2, 0.25) is 0 Å². The van der Waals surface area contributed by atoms with Crippen molar-refractivity contribution in [1.82, 2.24) is 10.6 Å². The van der Waals surface area contributed by atoms with E-state index in [1.165, 1.54) is 12.1 Å². The zero-order valence-corrected chi connectivity index (χ0v) is 21.4. The molecule has 3 aromatic carbocycles. The Kier molecular flexibility index (Phi) is 10.4. The Morgan fingerprint density at radius 2 is 1.39 bits per heavy atom. The molecule has 3 aromatic rings. The van der Waals surface area contributed by atoms with E-state index in [1.54, 1.807) is 48.5 Å². The molecule has 0 radical (unpaired) electrons. The van der Waals surface area contributed by atoms with Gasteiger partial charge in [0.2, 0.25) is 10.0 Å². The van der Waals surface area contributed by atoms with Crippen LogP contribution in [-0.2, 0) is 48.5 Å². The van der Waals surface area contributed by atoms with Crippen LogP contribution in [0.1, 0.15) is 16.7 Å². The zero-order valence-electron chi connectivity index (χ0n) is 20.5. The first-order chi connectivity index (χ1) is 18.2. The van der Waals surface area contributed by atoms with Crippen molar-refractivity contribution in [2.45, 2.75) is 30.4 Å². The highest BCUT2D eigenvalue weighted by Gasteiger charge is 2.24. The Balaban J connectivity index is 1.48. The molecule has 10 nitrogen and oxygen atoms in total. The number of carbonyl (C=O) groups is 3. The molecule has 0 saturated carbocycles. The van der Waals surface area contributed by atoms with Crippen LogP contribution in [0.3, 0.4) is 0 Å². The topological polar surface area (TPSA) is 154 Å². The Morgan fingerprint density at radius 3 is 2.00 bits per heavy atom. The number of rotatable bonds is 12. The van der Waals surface area contributed by atoms with Crippen LogP contribution in [0, 0.1) is 0 Å². The SMILES string of the molecule is NS(=O)(=O)c1ccc(CCNC(=O)COC(=O)C(Cc2ccccc2)NC(=O)OCc2ccccc2)cc1. The number of primary sulfonamides is 1. The Morgan fingerprint density at radius 1 is 0.789 bits per heavy atom. The van der Waals surface area contributed by atoms with Crippen LogP contribution in [0.4, 0.5) is 4.79 Å². The van der Waals surface area contributed by atoms with E-state index in [2.05, 4.69) is 10.6 Å². The molecule has 0 fully saturated rings. The van der Waals surface area contributed by atoms with Gasteiger partial charge < -0.3 is 20.1 Å². The first-order valence-electron chi connectivity index (χ1n) is 11.8. The number of sulfonamides is 1. The van der Waals surface area contributed by atoms with Gasteiger partial charge in [0.15, 0.2) is 6.61 Å². The number of nitrogens with two attached hydrogens (primary N) is 1. The molecule has 38 heavy (non-hydrogen) atoms. The number of benzene rings is 3. The normalized spacial score (nSPS) is 11.7. The predicted octanol–water partition coefficient (Wildman–Crippen LogP) is 2.07. The van der Waals surface area contributed by atoms with E-state index in [1.807, 2.05) is 24.3 Å². The molecule has 0 spiro atoms. The van der Waals surface area contributed by atoms with Crippen LogP contribution in [-0.4, -0.2) is 45.6 Å². The molecule has 0 saturated heterocycles. The highest BCUT2D eigenvalue weighted by molar-refractivity contribution is 7.89. The number of alkyl carbamates (subject to hydrolysis) is 1. The van der Waals surface area contributed by atoms with Crippen molar-refractivity contribution in [3.8, 4) is 0 Å². The third kappa shape index (κ3) is 9.68. The fourth-order valence-corrected chi connectivity index (χ4v) is 3.95. The second-order valence-corrected chi connectivity index (χ2v) is 9.91. The molecule has 3 rings (SSSR count). The maximum Gasteiger partial charge on any atom is 0.408 e. The summed E-state index contributed by atoms with van der Waals surface area (Å²) in [7, 11) is -3.77. The summed E-state index contributed by atoms with van der Waals surface area (Å²) < 4.78 is 33.0. The quantitative estimate of drug-likeness (QED) is 0.298. The second kappa shape index (κ2) is 13.9. The molecule has 11 heteroatoms. The third-order valence-electron chi connectivity index (χ3n) is 5.41.